The van der Waals surface area contributed by atoms with E-state index in [-0.39, 0.29) is 12.1 Å². The minimum Gasteiger partial charge on any atom is -0.459 e. The zero-order valence-corrected chi connectivity index (χ0v) is 15.0. The molecule has 0 N–H and O–H groups in total. The molecule has 0 spiro atoms. The Morgan fingerprint density at radius 3 is 2.45 bits per heavy atom. The van der Waals surface area contributed by atoms with Crippen molar-refractivity contribution in [3.8, 4) is 0 Å². The molecule has 0 saturated heterocycles. The number of hydrogen-bond acceptors (Lipinski definition) is 2. The van der Waals surface area contributed by atoms with E-state index >= 15 is 0 Å². The van der Waals surface area contributed by atoms with Crippen molar-refractivity contribution in [2.24, 2.45) is 11.8 Å². The van der Waals surface area contributed by atoms with Crippen LogP contribution in [0.15, 0.2) is 12.2 Å². The molecule has 2 nitrogen and oxygen atoms in total. The van der Waals surface area contributed by atoms with Gasteiger partial charge in [0.1, 0.15) is 6.10 Å². The highest BCUT2D eigenvalue weighted by molar-refractivity contribution is 5.82. The van der Waals surface area contributed by atoms with E-state index < -0.39 is 0 Å². The first-order valence-electron chi connectivity index (χ1n) is 9.50. The molecule has 1 saturated carbocycles. The molecule has 0 bridgehead atoms. The maximum absolute atomic E-state index is 11.9. The molecule has 1 aliphatic carbocycles. The van der Waals surface area contributed by atoms with Gasteiger partial charge in [0.2, 0.25) is 0 Å². The molecule has 3 atom stereocenters. The van der Waals surface area contributed by atoms with Crippen molar-refractivity contribution in [1.29, 1.82) is 0 Å². The summed E-state index contributed by atoms with van der Waals surface area (Å²) < 4.78 is 5.62. The van der Waals surface area contributed by atoms with Crippen LogP contribution in [-0.4, -0.2) is 12.1 Å². The molecule has 0 radical (unpaired) electrons. The standard InChI is InChI=1S/C20H36O2/c1-4-5-6-7-8-9-10-11-12-13-20(21)22-19-16-17(2)14-15-18(19)3/h12-13,17-19H,4-11,14-16H2,1-3H3. The van der Waals surface area contributed by atoms with Gasteiger partial charge in [-0.1, -0.05) is 71.8 Å². The zero-order chi connectivity index (χ0) is 16.2. The Hall–Kier alpha value is -0.790. The quantitative estimate of drug-likeness (QED) is 0.279. The summed E-state index contributed by atoms with van der Waals surface area (Å²) in [6, 6.07) is 0. The SMILES string of the molecule is CCCCCCCCCC=CC(=O)OC1CC(C)CCC1C. The van der Waals surface area contributed by atoms with Gasteiger partial charge in [0.25, 0.3) is 0 Å². The average molecular weight is 309 g/mol. The fraction of sp³-hybridized carbons (Fsp3) is 0.850. The molecule has 0 amide bonds. The van der Waals surface area contributed by atoms with E-state index in [4.69, 9.17) is 4.74 Å². The highest BCUT2D eigenvalue weighted by Crippen LogP contribution is 2.30. The second-order valence-corrected chi connectivity index (χ2v) is 7.18. The van der Waals surface area contributed by atoms with Gasteiger partial charge in [-0.05, 0) is 37.5 Å². The highest BCUT2D eigenvalue weighted by Gasteiger charge is 2.27. The van der Waals surface area contributed by atoms with Gasteiger partial charge in [0, 0.05) is 6.08 Å². The van der Waals surface area contributed by atoms with E-state index in [9.17, 15) is 4.79 Å². The Balaban J connectivity index is 2.06. The van der Waals surface area contributed by atoms with Gasteiger partial charge in [-0.15, -0.1) is 0 Å². The van der Waals surface area contributed by atoms with Crippen molar-refractivity contribution >= 4 is 5.97 Å². The lowest BCUT2D eigenvalue weighted by atomic mass is 9.82. The summed E-state index contributed by atoms with van der Waals surface area (Å²) in [7, 11) is 0. The maximum Gasteiger partial charge on any atom is 0.330 e. The number of ether oxygens (including phenoxy) is 1. The first kappa shape index (κ1) is 19.3. The molecule has 22 heavy (non-hydrogen) atoms. The average Bonchev–Trinajstić information content (AvgIpc) is 2.49. The van der Waals surface area contributed by atoms with Crippen molar-refractivity contribution in [3.05, 3.63) is 12.2 Å². The van der Waals surface area contributed by atoms with E-state index in [1.807, 2.05) is 6.08 Å². The van der Waals surface area contributed by atoms with Crippen LogP contribution in [0.2, 0.25) is 0 Å². The predicted octanol–water partition coefficient (Wildman–Crippen LogP) is 6.05. The Morgan fingerprint density at radius 1 is 1.05 bits per heavy atom. The fourth-order valence-corrected chi connectivity index (χ4v) is 3.23. The molecular weight excluding hydrogens is 272 g/mol. The molecule has 1 aliphatic rings. The van der Waals surface area contributed by atoms with Crippen molar-refractivity contribution in [1.82, 2.24) is 0 Å². The lowest BCUT2D eigenvalue weighted by Gasteiger charge is -2.31. The third kappa shape index (κ3) is 8.60. The smallest absolute Gasteiger partial charge is 0.330 e. The summed E-state index contributed by atoms with van der Waals surface area (Å²) in [5.41, 5.74) is 0. The first-order valence-corrected chi connectivity index (χ1v) is 9.50. The predicted molar refractivity (Wildman–Crippen MR) is 93.8 cm³/mol. The number of hydrogen-bond donors (Lipinski definition) is 0. The zero-order valence-electron chi connectivity index (χ0n) is 15.0. The number of unbranched alkanes of at least 4 members (excludes halogenated alkanes) is 7. The van der Waals surface area contributed by atoms with Crippen molar-refractivity contribution in [3.63, 3.8) is 0 Å². The fourth-order valence-electron chi connectivity index (χ4n) is 3.23. The Kier molecular flexibility index (Phi) is 10.3. The summed E-state index contributed by atoms with van der Waals surface area (Å²) in [6.07, 6.45) is 17.4. The lowest BCUT2D eigenvalue weighted by Crippen LogP contribution is -2.30. The highest BCUT2D eigenvalue weighted by atomic mass is 16.5. The van der Waals surface area contributed by atoms with Gasteiger partial charge in [0.05, 0.1) is 0 Å². The molecule has 0 aromatic heterocycles. The largest absolute Gasteiger partial charge is 0.459 e. The van der Waals surface area contributed by atoms with Gasteiger partial charge in [-0.3, -0.25) is 0 Å². The molecule has 3 unspecified atom stereocenters. The van der Waals surface area contributed by atoms with Crippen molar-refractivity contribution in [2.75, 3.05) is 0 Å². The molecule has 2 heteroatoms. The van der Waals surface area contributed by atoms with Crippen LogP contribution in [0, 0.1) is 11.8 Å². The molecule has 128 valence electrons. The second kappa shape index (κ2) is 11.7. The van der Waals surface area contributed by atoms with Crippen LogP contribution >= 0.6 is 0 Å². The van der Waals surface area contributed by atoms with Crippen LogP contribution in [0.5, 0.6) is 0 Å². The van der Waals surface area contributed by atoms with Crippen LogP contribution in [0.3, 0.4) is 0 Å². The number of esters is 1. The first-order chi connectivity index (χ1) is 10.6. The van der Waals surface area contributed by atoms with Gasteiger partial charge in [0.15, 0.2) is 0 Å². The summed E-state index contributed by atoms with van der Waals surface area (Å²) in [5, 5.41) is 0. The van der Waals surface area contributed by atoms with Crippen LogP contribution in [-0.2, 0) is 9.53 Å². The van der Waals surface area contributed by atoms with Gasteiger partial charge in [-0.2, -0.15) is 0 Å². The minimum atomic E-state index is -0.145. The van der Waals surface area contributed by atoms with E-state index in [0.29, 0.717) is 11.8 Å². The van der Waals surface area contributed by atoms with Crippen LogP contribution in [0.25, 0.3) is 0 Å². The summed E-state index contributed by atoms with van der Waals surface area (Å²) in [6.45, 7) is 6.70. The minimum absolute atomic E-state index is 0.125. The summed E-state index contributed by atoms with van der Waals surface area (Å²) in [4.78, 5) is 11.9. The molecule has 0 aliphatic heterocycles. The Bertz CT molecular complexity index is 322. The van der Waals surface area contributed by atoms with Crippen molar-refractivity contribution in [2.45, 2.75) is 97.5 Å². The summed E-state index contributed by atoms with van der Waals surface area (Å²) >= 11 is 0. The lowest BCUT2D eigenvalue weighted by molar-refractivity contribution is -0.147. The Labute approximate surface area is 137 Å². The number of allylic oxidation sites excluding steroid dienone is 1. The van der Waals surface area contributed by atoms with E-state index in [1.165, 1.54) is 57.8 Å². The monoisotopic (exact) mass is 308 g/mol. The second-order valence-electron chi connectivity index (χ2n) is 7.18. The van der Waals surface area contributed by atoms with Gasteiger partial charge in [-0.25, -0.2) is 4.79 Å². The van der Waals surface area contributed by atoms with Gasteiger partial charge >= 0.3 is 5.97 Å². The molecule has 0 heterocycles. The van der Waals surface area contributed by atoms with Crippen LogP contribution in [0.1, 0.15) is 91.4 Å². The topological polar surface area (TPSA) is 26.3 Å². The third-order valence-corrected chi connectivity index (χ3v) is 4.88. The normalized spacial score (nSPS) is 25.5. The van der Waals surface area contributed by atoms with Crippen LogP contribution < -0.4 is 0 Å². The summed E-state index contributed by atoms with van der Waals surface area (Å²) in [5.74, 6) is 1.05. The number of carbonyl (C=O) groups is 1. The number of carbonyl (C=O) groups excluding carboxylic acids is 1. The van der Waals surface area contributed by atoms with Crippen LogP contribution in [0.4, 0.5) is 0 Å². The third-order valence-electron chi connectivity index (χ3n) is 4.88. The molecule has 1 fully saturated rings. The van der Waals surface area contributed by atoms with E-state index in [2.05, 4.69) is 20.8 Å². The molecule has 0 aromatic rings. The molecule has 0 aromatic carbocycles. The molecule has 1 rings (SSSR count). The Morgan fingerprint density at radius 2 is 1.73 bits per heavy atom. The van der Waals surface area contributed by atoms with Gasteiger partial charge < -0.3 is 4.74 Å². The number of rotatable bonds is 10. The maximum atomic E-state index is 11.9. The van der Waals surface area contributed by atoms with E-state index in [1.54, 1.807) is 6.08 Å². The van der Waals surface area contributed by atoms with Crippen molar-refractivity contribution < 1.29 is 9.53 Å². The van der Waals surface area contributed by atoms with E-state index in [0.717, 1.165) is 12.8 Å². The molecular formula is C20H36O2.